The Balaban J connectivity index is 1.76. The fourth-order valence-corrected chi connectivity index (χ4v) is 1.22. The maximum absolute atomic E-state index is 3.60. The van der Waals surface area contributed by atoms with Gasteiger partial charge in [0, 0.05) is 24.7 Å². The lowest BCUT2D eigenvalue weighted by Crippen LogP contribution is -2.58. The van der Waals surface area contributed by atoms with E-state index in [2.05, 4.69) is 17.6 Å². The molecule has 0 unspecified atom stereocenters. The summed E-state index contributed by atoms with van der Waals surface area (Å²) in [5.74, 6) is 0. The van der Waals surface area contributed by atoms with Gasteiger partial charge >= 0.3 is 0 Å². The first kappa shape index (κ1) is 5.69. The van der Waals surface area contributed by atoms with Gasteiger partial charge < -0.3 is 10.6 Å². The second-order valence-electron chi connectivity index (χ2n) is 3.56. The average molecular weight is 126 g/mol. The highest BCUT2D eigenvalue weighted by Gasteiger charge is 2.39. The third kappa shape index (κ3) is 1.10. The molecule has 2 fully saturated rings. The number of hydrogen-bond acceptors (Lipinski definition) is 2. The number of nitrogens with one attached hydrogen (secondary N) is 2. The summed E-state index contributed by atoms with van der Waals surface area (Å²) in [7, 11) is 0. The molecule has 1 aliphatic carbocycles. The van der Waals surface area contributed by atoms with Gasteiger partial charge in [-0.25, -0.2) is 0 Å². The third-order valence-corrected chi connectivity index (χ3v) is 2.33. The fourth-order valence-electron chi connectivity index (χ4n) is 1.22. The molecule has 2 heteroatoms. The van der Waals surface area contributed by atoms with E-state index in [-0.39, 0.29) is 0 Å². The van der Waals surface area contributed by atoms with Gasteiger partial charge in [-0.3, -0.25) is 0 Å². The van der Waals surface area contributed by atoms with Crippen LogP contribution in [-0.2, 0) is 0 Å². The van der Waals surface area contributed by atoms with E-state index < -0.39 is 0 Å². The molecule has 0 aromatic rings. The van der Waals surface area contributed by atoms with Crippen LogP contribution in [0.1, 0.15) is 19.8 Å². The minimum atomic E-state index is 0.534. The van der Waals surface area contributed by atoms with Gasteiger partial charge in [-0.15, -0.1) is 0 Å². The van der Waals surface area contributed by atoms with Crippen LogP contribution in [0.5, 0.6) is 0 Å². The first-order chi connectivity index (χ1) is 4.29. The molecule has 0 radical (unpaired) electrons. The van der Waals surface area contributed by atoms with Crippen molar-refractivity contribution in [3.05, 3.63) is 0 Å². The zero-order chi connectivity index (χ0) is 6.32. The Morgan fingerprint density at radius 2 is 2.11 bits per heavy atom. The molecule has 1 heterocycles. The van der Waals surface area contributed by atoms with E-state index in [4.69, 9.17) is 0 Å². The van der Waals surface area contributed by atoms with Crippen LogP contribution in [0.2, 0.25) is 0 Å². The van der Waals surface area contributed by atoms with Crippen LogP contribution in [0.4, 0.5) is 0 Å². The van der Waals surface area contributed by atoms with Crippen molar-refractivity contribution < 1.29 is 0 Å². The van der Waals surface area contributed by atoms with Gasteiger partial charge in [0.05, 0.1) is 0 Å². The Bertz CT molecular complexity index is 114. The molecule has 2 nitrogen and oxygen atoms in total. The van der Waals surface area contributed by atoms with Crippen LogP contribution < -0.4 is 10.6 Å². The summed E-state index contributed by atoms with van der Waals surface area (Å²) >= 11 is 0. The molecule has 1 saturated heterocycles. The molecule has 2 rings (SSSR count). The molecule has 2 aliphatic rings. The zero-order valence-electron chi connectivity index (χ0n) is 5.91. The molecule has 1 saturated carbocycles. The Morgan fingerprint density at radius 1 is 1.44 bits per heavy atom. The minimum Gasteiger partial charge on any atom is -0.314 e. The molecule has 0 spiro atoms. The van der Waals surface area contributed by atoms with Gasteiger partial charge in [-0.05, 0) is 19.8 Å². The molecule has 0 atom stereocenters. The summed E-state index contributed by atoms with van der Waals surface area (Å²) < 4.78 is 0. The van der Waals surface area contributed by atoms with Gasteiger partial charge in [-0.1, -0.05) is 0 Å². The molecule has 0 aromatic heterocycles. The normalized spacial score (nSPS) is 31.7. The minimum absolute atomic E-state index is 0.534. The Kier molecular flexibility index (Phi) is 1.08. The quantitative estimate of drug-likeness (QED) is 0.548. The maximum Gasteiger partial charge on any atom is 0.0322 e. The van der Waals surface area contributed by atoms with E-state index >= 15 is 0 Å². The first-order valence-corrected chi connectivity index (χ1v) is 3.77. The lowest BCUT2D eigenvalue weighted by molar-refractivity contribution is 0.327. The van der Waals surface area contributed by atoms with Crippen LogP contribution in [0, 0.1) is 0 Å². The predicted molar refractivity (Wildman–Crippen MR) is 37.4 cm³/mol. The standard InChI is InChI=1S/C7H14N2/c1-7(2-3-7)9-6-4-8-5-6/h6,8-9H,2-5H2,1H3. The van der Waals surface area contributed by atoms with E-state index in [0.29, 0.717) is 5.54 Å². The molecule has 0 amide bonds. The average Bonchev–Trinajstić information content (AvgIpc) is 2.39. The lowest BCUT2D eigenvalue weighted by Gasteiger charge is -2.31. The number of rotatable bonds is 2. The molecule has 2 N–H and O–H groups in total. The highest BCUT2D eigenvalue weighted by molar-refractivity contribution is 5.01. The Labute approximate surface area is 56.0 Å². The summed E-state index contributed by atoms with van der Waals surface area (Å²) in [6, 6.07) is 0.775. The third-order valence-electron chi connectivity index (χ3n) is 2.33. The molecule has 0 aromatic carbocycles. The molecular weight excluding hydrogens is 112 g/mol. The molecule has 0 bridgehead atoms. The van der Waals surface area contributed by atoms with Crippen molar-refractivity contribution in [3.8, 4) is 0 Å². The Hall–Kier alpha value is -0.0800. The van der Waals surface area contributed by atoms with Crippen LogP contribution in [0.3, 0.4) is 0 Å². The van der Waals surface area contributed by atoms with Crippen molar-refractivity contribution in [1.82, 2.24) is 10.6 Å². The first-order valence-electron chi connectivity index (χ1n) is 3.77. The number of hydrogen-bond donors (Lipinski definition) is 2. The van der Waals surface area contributed by atoms with Gasteiger partial charge in [0.15, 0.2) is 0 Å². The fraction of sp³-hybridized carbons (Fsp3) is 1.00. The highest BCUT2D eigenvalue weighted by atomic mass is 15.1. The summed E-state index contributed by atoms with van der Waals surface area (Å²) in [5, 5.41) is 6.85. The van der Waals surface area contributed by atoms with Crippen LogP contribution in [0.15, 0.2) is 0 Å². The summed E-state index contributed by atoms with van der Waals surface area (Å²) in [6.45, 7) is 4.66. The van der Waals surface area contributed by atoms with Crippen LogP contribution in [-0.4, -0.2) is 24.7 Å². The highest BCUT2D eigenvalue weighted by Crippen LogP contribution is 2.34. The van der Waals surface area contributed by atoms with Gasteiger partial charge in [0.1, 0.15) is 0 Å². The molecule has 1 aliphatic heterocycles. The van der Waals surface area contributed by atoms with Crippen molar-refractivity contribution in [2.24, 2.45) is 0 Å². The van der Waals surface area contributed by atoms with Gasteiger partial charge in [0.25, 0.3) is 0 Å². The summed E-state index contributed by atoms with van der Waals surface area (Å²) in [5.41, 5.74) is 0.534. The second kappa shape index (κ2) is 1.70. The van der Waals surface area contributed by atoms with Crippen LogP contribution >= 0.6 is 0 Å². The lowest BCUT2D eigenvalue weighted by atomic mass is 10.1. The largest absolute Gasteiger partial charge is 0.314 e. The van der Waals surface area contributed by atoms with Crippen molar-refractivity contribution in [2.75, 3.05) is 13.1 Å². The Morgan fingerprint density at radius 3 is 2.44 bits per heavy atom. The topological polar surface area (TPSA) is 24.1 Å². The van der Waals surface area contributed by atoms with Crippen molar-refractivity contribution >= 4 is 0 Å². The van der Waals surface area contributed by atoms with Crippen LogP contribution in [0.25, 0.3) is 0 Å². The maximum atomic E-state index is 3.60. The second-order valence-corrected chi connectivity index (χ2v) is 3.56. The van der Waals surface area contributed by atoms with E-state index in [0.717, 1.165) is 6.04 Å². The monoisotopic (exact) mass is 126 g/mol. The summed E-state index contributed by atoms with van der Waals surface area (Å²) in [6.07, 6.45) is 2.76. The van der Waals surface area contributed by atoms with E-state index in [1.165, 1.54) is 25.9 Å². The van der Waals surface area contributed by atoms with Crippen molar-refractivity contribution in [3.63, 3.8) is 0 Å². The molecular formula is C7H14N2. The predicted octanol–water partition coefficient (Wildman–Crippen LogP) is 0.100. The summed E-state index contributed by atoms with van der Waals surface area (Å²) in [4.78, 5) is 0. The molecule has 52 valence electrons. The van der Waals surface area contributed by atoms with Gasteiger partial charge in [0.2, 0.25) is 0 Å². The van der Waals surface area contributed by atoms with E-state index in [9.17, 15) is 0 Å². The van der Waals surface area contributed by atoms with Crippen molar-refractivity contribution in [2.45, 2.75) is 31.3 Å². The van der Waals surface area contributed by atoms with Gasteiger partial charge in [-0.2, -0.15) is 0 Å². The smallest absolute Gasteiger partial charge is 0.0322 e. The zero-order valence-corrected chi connectivity index (χ0v) is 5.91. The molecule has 9 heavy (non-hydrogen) atoms. The van der Waals surface area contributed by atoms with E-state index in [1.54, 1.807) is 0 Å². The SMILES string of the molecule is CC1(NC2CNC2)CC1. The van der Waals surface area contributed by atoms with E-state index in [1.807, 2.05) is 0 Å². The van der Waals surface area contributed by atoms with Crippen molar-refractivity contribution in [1.29, 1.82) is 0 Å².